The van der Waals surface area contributed by atoms with Crippen LogP contribution in [0.25, 0.3) is 17.2 Å². The highest BCUT2D eigenvalue weighted by atomic mass is 19.1. The fourth-order valence-electron chi connectivity index (χ4n) is 3.97. The predicted molar refractivity (Wildman–Crippen MR) is 131 cm³/mol. The van der Waals surface area contributed by atoms with Gasteiger partial charge < -0.3 is 20.1 Å². The summed E-state index contributed by atoms with van der Waals surface area (Å²) in [5, 5.41) is 29.3. The highest BCUT2D eigenvalue weighted by Gasteiger charge is 2.23. The number of halogens is 1. The van der Waals surface area contributed by atoms with E-state index in [2.05, 4.69) is 13.8 Å². The van der Waals surface area contributed by atoms with Crippen molar-refractivity contribution < 1.29 is 29.2 Å². The van der Waals surface area contributed by atoms with Crippen LogP contribution in [0.15, 0.2) is 30.3 Å². The number of aromatic nitrogens is 1. The van der Waals surface area contributed by atoms with Gasteiger partial charge in [0.2, 0.25) is 0 Å². The van der Waals surface area contributed by atoms with Crippen molar-refractivity contribution in [3.63, 3.8) is 0 Å². The van der Waals surface area contributed by atoms with E-state index in [1.54, 1.807) is 31.4 Å². The largest absolute Gasteiger partial charge is 0.481 e. The van der Waals surface area contributed by atoms with Gasteiger partial charge in [-0.3, -0.25) is 9.78 Å². The van der Waals surface area contributed by atoms with Gasteiger partial charge in [0.25, 0.3) is 0 Å². The molecule has 0 amide bonds. The summed E-state index contributed by atoms with van der Waals surface area (Å²) in [4.78, 5) is 15.7. The number of pyridine rings is 1. The first kappa shape index (κ1) is 27.6. The van der Waals surface area contributed by atoms with Crippen LogP contribution in [0.3, 0.4) is 0 Å². The number of carbonyl (C=O) groups is 1. The zero-order valence-electron chi connectivity index (χ0n) is 20.6. The number of carboxylic acids is 1. The number of carboxylic acid groups (broad SMARTS) is 1. The quantitative estimate of drug-likeness (QED) is 0.388. The number of rotatable bonds is 12. The van der Waals surface area contributed by atoms with Gasteiger partial charge in [-0.2, -0.15) is 0 Å². The molecule has 0 saturated carbocycles. The second kappa shape index (κ2) is 12.7. The maximum Gasteiger partial charge on any atom is 0.303 e. The lowest BCUT2D eigenvalue weighted by molar-refractivity contribution is -0.137. The Balaban J connectivity index is 2.61. The minimum atomic E-state index is -0.989. The number of ether oxygens (including phenoxy) is 1. The molecule has 0 radical (unpaired) electrons. The molecule has 6 nitrogen and oxygen atoms in total. The molecule has 0 bridgehead atoms. The molecular weight excluding hydrogens is 437 g/mol. The highest BCUT2D eigenvalue weighted by molar-refractivity contribution is 5.80. The average Bonchev–Trinajstić information content (AvgIpc) is 2.76. The summed E-state index contributed by atoms with van der Waals surface area (Å²) < 4.78 is 19.2. The molecule has 0 aliphatic heterocycles. The Hall–Kier alpha value is -2.61. The second-order valence-corrected chi connectivity index (χ2v) is 9.15. The van der Waals surface area contributed by atoms with Gasteiger partial charge in [-0.1, -0.05) is 52.0 Å². The third-order valence-electron chi connectivity index (χ3n) is 5.60. The Morgan fingerprint density at radius 2 is 1.71 bits per heavy atom. The van der Waals surface area contributed by atoms with Crippen molar-refractivity contribution in [1.29, 1.82) is 0 Å². The Morgan fingerprint density at radius 3 is 2.24 bits per heavy atom. The molecule has 0 spiro atoms. The van der Waals surface area contributed by atoms with Crippen molar-refractivity contribution in [2.24, 2.45) is 0 Å². The molecule has 0 aliphatic rings. The zero-order valence-corrected chi connectivity index (χ0v) is 20.6. The average molecular weight is 474 g/mol. The molecule has 2 aromatic rings. The minimum absolute atomic E-state index is 0.0229. The van der Waals surface area contributed by atoms with E-state index < -0.39 is 18.2 Å². The SMILES string of the molecule is COCc1c(C(C)C)nc(C(C)C)c(C=C[C@@H](O)C[C@H](O)CCC(=O)O)c1-c1ccc(F)cc1. The van der Waals surface area contributed by atoms with Crippen LogP contribution in [0.1, 0.15) is 81.3 Å². The third-order valence-corrected chi connectivity index (χ3v) is 5.60. The molecule has 186 valence electrons. The van der Waals surface area contributed by atoms with Gasteiger partial charge >= 0.3 is 5.97 Å². The smallest absolute Gasteiger partial charge is 0.303 e. The van der Waals surface area contributed by atoms with Crippen molar-refractivity contribution in [2.75, 3.05) is 7.11 Å². The molecule has 0 unspecified atom stereocenters. The lowest BCUT2D eigenvalue weighted by Gasteiger charge is -2.23. The molecule has 34 heavy (non-hydrogen) atoms. The van der Waals surface area contributed by atoms with E-state index in [1.165, 1.54) is 12.1 Å². The lowest BCUT2D eigenvalue weighted by Crippen LogP contribution is -2.17. The molecule has 1 aromatic heterocycles. The highest BCUT2D eigenvalue weighted by Crippen LogP contribution is 2.38. The van der Waals surface area contributed by atoms with E-state index in [0.29, 0.717) is 6.61 Å². The summed E-state index contributed by atoms with van der Waals surface area (Å²) in [6, 6.07) is 6.28. The summed E-state index contributed by atoms with van der Waals surface area (Å²) >= 11 is 0. The predicted octanol–water partition coefficient (Wildman–Crippen LogP) is 5.27. The van der Waals surface area contributed by atoms with E-state index >= 15 is 0 Å². The zero-order chi connectivity index (χ0) is 25.4. The van der Waals surface area contributed by atoms with E-state index in [-0.39, 0.29) is 36.9 Å². The number of aliphatic carboxylic acids is 1. The van der Waals surface area contributed by atoms with Gasteiger partial charge in [0.1, 0.15) is 5.82 Å². The van der Waals surface area contributed by atoms with Crippen LogP contribution < -0.4 is 0 Å². The van der Waals surface area contributed by atoms with Gasteiger partial charge in [-0.15, -0.1) is 0 Å². The Kier molecular flexibility index (Phi) is 10.4. The van der Waals surface area contributed by atoms with Crippen molar-refractivity contribution in [3.05, 3.63) is 58.7 Å². The van der Waals surface area contributed by atoms with Crippen LogP contribution in [0.5, 0.6) is 0 Å². The Bertz CT molecular complexity index is 986. The number of nitrogens with zero attached hydrogens (tertiary/aromatic N) is 1. The molecule has 3 N–H and O–H groups in total. The summed E-state index contributed by atoms with van der Waals surface area (Å²) in [6.07, 6.45) is 1.41. The van der Waals surface area contributed by atoms with Crippen molar-refractivity contribution in [2.45, 2.75) is 77.6 Å². The van der Waals surface area contributed by atoms with E-state index in [9.17, 15) is 19.4 Å². The molecule has 7 heteroatoms. The number of methoxy groups -OCH3 is 1. The van der Waals surface area contributed by atoms with Gasteiger partial charge in [-0.25, -0.2) is 4.39 Å². The van der Waals surface area contributed by atoms with Crippen LogP contribution in [-0.4, -0.2) is 45.6 Å². The van der Waals surface area contributed by atoms with E-state index in [4.69, 9.17) is 14.8 Å². The van der Waals surface area contributed by atoms with Crippen LogP contribution in [-0.2, 0) is 16.1 Å². The number of aliphatic hydroxyl groups excluding tert-OH is 2. The number of benzene rings is 1. The van der Waals surface area contributed by atoms with Crippen LogP contribution in [0.2, 0.25) is 0 Å². The van der Waals surface area contributed by atoms with Crippen molar-refractivity contribution in [3.8, 4) is 11.1 Å². The molecule has 1 aromatic carbocycles. The molecule has 0 fully saturated rings. The van der Waals surface area contributed by atoms with E-state index in [1.807, 2.05) is 13.8 Å². The summed E-state index contributed by atoms with van der Waals surface area (Å²) in [7, 11) is 1.62. The molecule has 0 aliphatic carbocycles. The fraction of sp³-hybridized carbons (Fsp3) is 0.481. The minimum Gasteiger partial charge on any atom is -0.481 e. The van der Waals surface area contributed by atoms with Gasteiger partial charge in [0.15, 0.2) is 0 Å². The van der Waals surface area contributed by atoms with Gasteiger partial charge in [0, 0.05) is 36.8 Å². The first-order valence-corrected chi connectivity index (χ1v) is 11.6. The van der Waals surface area contributed by atoms with Crippen LogP contribution in [0, 0.1) is 5.82 Å². The van der Waals surface area contributed by atoms with Crippen molar-refractivity contribution in [1.82, 2.24) is 4.98 Å². The normalized spacial score (nSPS) is 13.7. The maximum atomic E-state index is 13.7. The standard InChI is InChI=1S/C27H36FNO5/c1-16(2)26-22(12-10-20(30)14-21(31)11-13-24(32)33)25(18-6-8-19(28)9-7-18)23(15-34-5)27(29-26)17(3)4/h6-10,12,16-17,20-21,30-31H,11,13-15H2,1-5H3,(H,32,33)/t20-,21-/m1/s1. The molecule has 0 saturated heterocycles. The van der Waals surface area contributed by atoms with Crippen LogP contribution >= 0.6 is 0 Å². The topological polar surface area (TPSA) is 99.9 Å². The molecule has 1 heterocycles. The first-order valence-electron chi connectivity index (χ1n) is 11.6. The van der Waals surface area contributed by atoms with Crippen LogP contribution in [0.4, 0.5) is 4.39 Å². The Morgan fingerprint density at radius 1 is 1.09 bits per heavy atom. The summed E-state index contributed by atoms with van der Waals surface area (Å²) in [6.45, 7) is 8.54. The monoisotopic (exact) mass is 473 g/mol. The fourth-order valence-corrected chi connectivity index (χ4v) is 3.97. The number of hydrogen-bond acceptors (Lipinski definition) is 5. The Labute approximate surface area is 201 Å². The number of hydrogen-bond donors (Lipinski definition) is 3. The van der Waals surface area contributed by atoms with E-state index in [0.717, 1.165) is 33.6 Å². The summed E-state index contributed by atoms with van der Waals surface area (Å²) in [5.41, 5.74) is 5.15. The number of aliphatic hydroxyl groups is 2. The third kappa shape index (κ3) is 7.45. The summed E-state index contributed by atoms with van der Waals surface area (Å²) in [5.74, 6) is -1.11. The molecular formula is C27H36FNO5. The molecule has 2 atom stereocenters. The van der Waals surface area contributed by atoms with Gasteiger partial charge in [0.05, 0.1) is 24.5 Å². The van der Waals surface area contributed by atoms with Crippen molar-refractivity contribution >= 4 is 12.0 Å². The lowest BCUT2D eigenvalue weighted by atomic mass is 9.87. The first-order chi connectivity index (χ1) is 16.0. The second-order valence-electron chi connectivity index (χ2n) is 9.15. The van der Waals surface area contributed by atoms with Gasteiger partial charge in [-0.05, 0) is 41.5 Å². The molecule has 2 rings (SSSR count). The maximum absolute atomic E-state index is 13.7.